The van der Waals surface area contributed by atoms with Gasteiger partial charge in [-0.3, -0.25) is 4.68 Å². The van der Waals surface area contributed by atoms with E-state index < -0.39 is 15.8 Å². The molecule has 0 aliphatic heterocycles. The molecular weight excluding hydrogens is 269 g/mol. The number of rotatable bonds is 5. The molecule has 1 N–H and O–H groups in total. The number of sulfonamides is 1. The van der Waals surface area contributed by atoms with Gasteiger partial charge in [0.1, 0.15) is 5.82 Å². The predicted octanol–water partition coefficient (Wildman–Crippen LogP) is 1.39. The Morgan fingerprint density at radius 1 is 1.42 bits per heavy atom. The van der Waals surface area contributed by atoms with E-state index in [1.807, 2.05) is 0 Å². The summed E-state index contributed by atoms with van der Waals surface area (Å²) in [6.07, 6.45) is 3.36. The van der Waals surface area contributed by atoms with Crippen LogP contribution in [0.5, 0.6) is 0 Å². The molecular formula is C12H14FN3O2S. The molecule has 1 atom stereocenters. The fourth-order valence-corrected chi connectivity index (χ4v) is 2.96. The smallest absolute Gasteiger partial charge is 0.240 e. The lowest BCUT2D eigenvalue weighted by Crippen LogP contribution is -2.35. The molecule has 0 amide bonds. The van der Waals surface area contributed by atoms with Gasteiger partial charge in [0.15, 0.2) is 0 Å². The second-order valence-electron chi connectivity index (χ2n) is 4.21. The summed E-state index contributed by atoms with van der Waals surface area (Å²) in [6, 6.07) is 6.31. The molecule has 1 heterocycles. The van der Waals surface area contributed by atoms with Crippen LogP contribution in [0.4, 0.5) is 4.39 Å². The van der Waals surface area contributed by atoms with Gasteiger partial charge in [0, 0.05) is 18.4 Å². The van der Waals surface area contributed by atoms with Crippen LogP contribution in [0.25, 0.3) is 0 Å². The molecule has 5 nitrogen and oxygen atoms in total. The van der Waals surface area contributed by atoms with Crippen LogP contribution in [0.2, 0.25) is 0 Å². The lowest BCUT2D eigenvalue weighted by molar-refractivity contribution is 0.493. The predicted molar refractivity (Wildman–Crippen MR) is 68.4 cm³/mol. The Labute approximate surface area is 111 Å². The summed E-state index contributed by atoms with van der Waals surface area (Å²) in [5, 5.41) is 3.99. The van der Waals surface area contributed by atoms with Crippen molar-refractivity contribution in [1.82, 2.24) is 14.5 Å². The molecule has 0 saturated carbocycles. The molecule has 2 aromatic rings. The van der Waals surface area contributed by atoms with Gasteiger partial charge in [0.2, 0.25) is 10.0 Å². The zero-order valence-electron chi connectivity index (χ0n) is 10.3. The first-order valence-corrected chi connectivity index (χ1v) is 7.21. The molecule has 2 rings (SSSR count). The summed E-state index contributed by atoms with van der Waals surface area (Å²) >= 11 is 0. The molecule has 19 heavy (non-hydrogen) atoms. The Morgan fingerprint density at radius 2 is 2.21 bits per heavy atom. The van der Waals surface area contributed by atoms with Gasteiger partial charge in [-0.1, -0.05) is 6.07 Å². The Kier molecular flexibility index (Phi) is 3.96. The topological polar surface area (TPSA) is 64.0 Å². The van der Waals surface area contributed by atoms with Gasteiger partial charge < -0.3 is 0 Å². The third-order valence-corrected chi connectivity index (χ3v) is 4.07. The number of halogens is 1. The summed E-state index contributed by atoms with van der Waals surface area (Å²) in [4.78, 5) is -0.0835. The van der Waals surface area contributed by atoms with E-state index in [0.717, 1.165) is 6.07 Å². The summed E-state index contributed by atoms with van der Waals surface area (Å²) in [6.45, 7) is 2.13. The third-order valence-electron chi connectivity index (χ3n) is 2.48. The fourth-order valence-electron chi connectivity index (χ4n) is 1.69. The van der Waals surface area contributed by atoms with Crippen LogP contribution in [-0.4, -0.2) is 24.2 Å². The molecule has 1 unspecified atom stereocenters. The van der Waals surface area contributed by atoms with E-state index in [1.165, 1.54) is 18.2 Å². The standard InChI is InChI=1S/C12H14FN3O2S/c1-10(9-16-7-3-6-14-16)15-19(17,18)12-5-2-4-11(13)8-12/h2-8,10,15H,9H2,1H3. The Hall–Kier alpha value is -1.73. The van der Waals surface area contributed by atoms with Crippen LogP contribution in [-0.2, 0) is 16.6 Å². The van der Waals surface area contributed by atoms with Gasteiger partial charge in [-0.2, -0.15) is 5.10 Å². The Bertz CT molecular complexity index is 641. The quantitative estimate of drug-likeness (QED) is 0.902. The molecule has 0 bridgehead atoms. The van der Waals surface area contributed by atoms with Crippen LogP contribution < -0.4 is 4.72 Å². The molecule has 0 aliphatic rings. The van der Waals surface area contributed by atoms with E-state index >= 15 is 0 Å². The van der Waals surface area contributed by atoms with Crippen molar-refractivity contribution < 1.29 is 12.8 Å². The van der Waals surface area contributed by atoms with E-state index in [0.29, 0.717) is 6.54 Å². The maximum absolute atomic E-state index is 13.0. The summed E-state index contributed by atoms with van der Waals surface area (Å²) in [7, 11) is -3.72. The third kappa shape index (κ3) is 3.62. The maximum atomic E-state index is 13.0. The van der Waals surface area contributed by atoms with Gasteiger partial charge >= 0.3 is 0 Å². The minimum Gasteiger partial charge on any atom is -0.271 e. The highest BCUT2D eigenvalue weighted by Gasteiger charge is 2.18. The minimum atomic E-state index is -3.72. The van der Waals surface area contributed by atoms with Crippen LogP contribution in [0.1, 0.15) is 6.92 Å². The molecule has 0 spiro atoms. The van der Waals surface area contributed by atoms with Crippen LogP contribution in [0.3, 0.4) is 0 Å². The van der Waals surface area contributed by atoms with Crippen molar-refractivity contribution in [3.05, 3.63) is 48.5 Å². The maximum Gasteiger partial charge on any atom is 0.240 e. The normalized spacial score (nSPS) is 13.4. The molecule has 0 fully saturated rings. The van der Waals surface area contributed by atoms with Crippen molar-refractivity contribution in [3.8, 4) is 0 Å². The minimum absolute atomic E-state index is 0.0835. The van der Waals surface area contributed by atoms with Crippen LogP contribution >= 0.6 is 0 Å². The second-order valence-corrected chi connectivity index (χ2v) is 5.92. The first-order chi connectivity index (χ1) is 8.97. The van der Waals surface area contributed by atoms with Crippen molar-refractivity contribution in [2.75, 3.05) is 0 Å². The van der Waals surface area contributed by atoms with Crippen molar-refractivity contribution in [2.45, 2.75) is 24.4 Å². The highest BCUT2D eigenvalue weighted by Crippen LogP contribution is 2.11. The summed E-state index contributed by atoms with van der Waals surface area (Å²) in [5.41, 5.74) is 0. The Morgan fingerprint density at radius 3 is 2.84 bits per heavy atom. The number of hydrogen-bond donors (Lipinski definition) is 1. The molecule has 102 valence electrons. The van der Waals surface area contributed by atoms with Crippen molar-refractivity contribution >= 4 is 10.0 Å². The van der Waals surface area contributed by atoms with E-state index in [1.54, 1.807) is 30.1 Å². The van der Waals surface area contributed by atoms with Gasteiger partial charge in [0.05, 0.1) is 11.4 Å². The summed E-state index contributed by atoms with van der Waals surface area (Å²) in [5.74, 6) is -0.581. The van der Waals surface area contributed by atoms with Crippen LogP contribution in [0, 0.1) is 5.82 Å². The first kappa shape index (κ1) is 13.7. The monoisotopic (exact) mass is 283 g/mol. The second kappa shape index (κ2) is 5.50. The van der Waals surface area contributed by atoms with E-state index in [-0.39, 0.29) is 10.9 Å². The SMILES string of the molecule is CC(Cn1cccn1)NS(=O)(=O)c1cccc(F)c1. The molecule has 7 heteroatoms. The number of hydrogen-bond acceptors (Lipinski definition) is 3. The summed E-state index contributed by atoms with van der Waals surface area (Å²) < 4.78 is 41.2. The molecule has 1 aromatic carbocycles. The zero-order valence-corrected chi connectivity index (χ0v) is 11.1. The number of nitrogens with zero attached hydrogens (tertiary/aromatic N) is 2. The number of nitrogens with one attached hydrogen (secondary N) is 1. The van der Waals surface area contributed by atoms with Gasteiger partial charge in [0.25, 0.3) is 0 Å². The molecule has 0 radical (unpaired) electrons. The highest BCUT2D eigenvalue weighted by molar-refractivity contribution is 7.89. The number of aromatic nitrogens is 2. The lowest BCUT2D eigenvalue weighted by Gasteiger charge is -2.14. The van der Waals surface area contributed by atoms with Crippen LogP contribution in [0.15, 0.2) is 47.6 Å². The first-order valence-electron chi connectivity index (χ1n) is 5.73. The van der Waals surface area contributed by atoms with Crippen molar-refractivity contribution in [3.63, 3.8) is 0 Å². The lowest BCUT2D eigenvalue weighted by atomic mass is 10.3. The fraction of sp³-hybridized carbons (Fsp3) is 0.250. The average molecular weight is 283 g/mol. The van der Waals surface area contributed by atoms with Crippen molar-refractivity contribution in [1.29, 1.82) is 0 Å². The zero-order chi connectivity index (χ0) is 13.9. The number of benzene rings is 1. The van der Waals surface area contributed by atoms with Crippen molar-refractivity contribution in [2.24, 2.45) is 0 Å². The van der Waals surface area contributed by atoms with E-state index in [9.17, 15) is 12.8 Å². The molecule has 0 aliphatic carbocycles. The van der Waals surface area contributed by atoms with Gasteiger partial charge in [-0.05, 0) is 31.2 Å². The largest absolute Gasteiger partial charge is 0.271 e. The van der Waals surface area contributed by atoms with Gasteiger partial charge in [-0.25, -0.2) is 17.5 Å². The average Bonchev–Trinajstić information content (AvgIpc) is 2.81. The van der Waals surface area contributed by atoms with Gasteiger partial charge in [-0.15, -0.1) is 0 Å². The van der Waals surface area contributed by atoms with E-state index in [2.05, 4.69) is 9.82 Å². The Balaban J connectivity index is 2.09. The van der Waals surface area contributed by atoms with E-state index in [4.69, 9.17) is 0 Å². The highest BCUT2D eigenvalue weighted by atomic mass is 32.2. The molecule has 1 aromatic heterocycles. The molecule has 0 saturated heterocycles.